The lowest BCUT2D eigenvalue weighted by Crippen LogP contribution is -2.27. The van der Waals surface area contributed by atoms with Crippen LogP contribution in [0.4, 0.5) is 0 Å². The Balaban J connectivity index is 1.80. The molecule has 4 rings (SSSR count). The summed E-state index contributed by atoms with van der Waals surface area (Å²) in [4.78, 5) is 16.9. The average molecular weight is 321 g/mol. The number of benzene rings is 1. The molecule has 0 saturated heterocycles. The Hall–Kier alpha value is -3.29. The number of nitrogens with zero attached hydrogens (tertiary/aromatic N) is 7. The Morgan fingerprint density at radius 1 is 1.12 bits per heavy atom. The van der Waals surface area contributed by atoms with E-state index in [1.807, 2.05) is 48.7 Å². The molecule has 120 valence electrons. The second-order valence-electron chi connectivity index (χ2n) is 5.55. The van der Waals surface area contributed by atoms with E-state index in [1.54, 1.807) is 11.0 Å². The minimum atomic E-state index is -0.229. The van der Waals surface area contributed by atoms with Crippen molar-refractivity contribution in [2.24, 2.45) is 0 Å². The average Bonchev–Trinajstić information content (AvgIpc) is 3.17. The van der Waals surface area contributed by atoms with Crippen molar-refractivity contribution in [1.82, 2.24) is 34.3 Å². The van der Waals surface area contributed by atoms with Crippen molar-refractivity contribution in [2.45, 2.75) is 20.5 Å². The highest BCUT2D eigenvalue weighted by atomic mass is 16.1. The fourth-order valence-corrected chi connectivity index (χ4v) is 2.55. The maximum absolute atomic E-state index is 12.7. The van der Waals surface area contributed by atoms with Gasteiger partial charge in [0.15, 0.2) is 5.65 Å². The van der Waals surface area contributed by atoms with Crippen LogP contribution in [-0.2, 0) is 6.67 Å². The summed E-state index contributed by atoms with van der Waals surface area (Å²) in [6, 6.07) is 9.53. The summed E-state index contributed by atoms with van der Waals surface area (Å²) in [5.41, 5.74) is 2.96. The van der Waals surface area contributed by atoms with Gasteiger partial charge in [0.2, 0.25) is 0 Å². The first-order chi connectivity index (χ1) is 11.6. The van der Waals surface area contributed by atoms with E-state index in [9.17, 15) is 4.79 Å². The lowest BCUT2D eigenvalue weighted by Gasteiger charge is -2.07. The molecule has 0 atom stereocenters. The SMILES string of the molecule is Cc1ncn(Cn2nnc3c(cnn3-c3ccccc3)c2=O)c1C. The van der Waals surface area contributed by atoms with Crippen molar-refractivity contribution >= 4 is 11.0 Å². The zero-order valence-electron chi connectivity index (χ0n) is 13.3. The van der Waals surface area contributed by atoms with Crippen molar-refractivity contribution < 1.29 is 0 Å². The molecule has 0 aliphatic heterocycles. The van der Waals surface area contributed by atoms with E-state index in [-0.39, 0.29) is 12.2 Å². The third kappa shape index (κ3) is 2.19. The predicted molar refractivity (Wildman–Crippen MR) is 88.0 cm³/mol. The summed E-state index contributed by atoms with van der Waals surface area (Å²) in [6.07, 6.45) is 3.22. The molecule has 4 aromatic rings. The predicted octanol–water partition coefficient (Wildman–Crippen LogP) is 1.30. The summed E-state index contributed by atoms with van der Waals surface area (Å²) in [7, 11) is 0. The van der Waals surface area contributed by atoms with Crippen LogP contribution in [0, 0.1) is 13.8 Å². The fourth-order valence-electron chi connectivity index (χ4n) is 2.55. The summed E-state index contributed by atoms with van der Waals surface area (Å²) in [5.74, 6) is 0. The van der Waals surface area contributed by atoms with Gasteiger partial charge in [-0.25, -0.2) is 9.67 Å². The molecule has 8 heteroatoms. The Morgan fingerprint density at radius 2 is 1.92 bits per heavy atom. The number of rotatable bonds is 3. The van der Waals surface area contributed by atoms with E-state index in [4.69, 9.17) is 0 Å². The van der Waals surface area contributed by atoms with Gasteiger partial charge in [-0.2, -0.15) is 9.78 Å². The lowest BCUT2D eigenvalue weighted by atomic mass is 10.3. The van der Waals surface area contributed by atoms with E-state index >= 15 is 0 Å². The molecule has 0 N–H and O–H groups in total. The zero-order chi connectivity index (χ0) is 16.7. The monoisotopic (exact) mass is 321 g/mol. The largest absolute Gasteiger partial charge is 0.314 e. The molecule has 3 heterocycles. The van der Waals surface area contributed by atoms with E-state index in [0.29, 0.717) is 11.0 Å². The molecule has 1 aromatic carbocycles. The van der Waals surface area contributed by atoms with Crippen LogP contribution in [-0.4, -0.2) is 34.3 Å². The zero-order valence-corrected chi connectivity index (χ0v) is 13.3. The molecule has 0 aliphatic rings. The standard InChI is InChI=1S/C16H15N7O/c1-11-12(2)21(9-17-11)10-22-16(24)14-8-18-23(15(14)19-20-22)13-6-4-3-5-7-13/h3-9H,10H2,1-2H3. The van der Waals surface area contributed by atoms with Gasteiger partial charge in [-0.05, 0) is 26.0 Å². The maximum atomic E-state index is 12.7. The molecule has 3 aromatic heterocycles. The minimum Gasteiger partial charge on any atom is -0.314 e. The van der Waals surface area contributed by atoms with Crippen LogP contribution in [0.3, 0.4) is 0 Å². The van der Waals surface area contributed by atoms with E-state index in [1.165, 1.54) is 10.9 Å². The van der Waals surface area contributed by atoms with Crippen molar-refractivity contribution in [3.8, 4) is 5.69 Å². The Morgan fingerprint density at radius 3 is 2.62 bits per heavy atom. The number of aryl methyl sites for hydroxylation is 1. The molecule has 0 unspecified atom stereocenters. The van der Waals surface area contributed by atoms with Gasteiger partial charge in [0.05, 0.1) is 23.9 Å². The molecule has 0 saturated carbocycles. The third-order valence-electron chi connectivity index (χ3n) is 4.09. The number of imidazole rings is 1. The highest BCUT2D eigenvalue weighted by Crippen LogP contribution is 2.12. The normalized spacial score (nSPS) is 11.2. The minimum absolute atomic E-state index is 0.229. The summed E-state index contributed by atoms with van der Waals surface area (Å²) >= 11 is 0. The van der Waals surface area contributed by atoms with E-state index in [0.717, 1.165) is 17.1 Å². The van der Waals surface area contributed by atoms with Crippen molar-refractivity contribution in [1.29, 1.82) is 0 Å². The van der Waals surface area contributed by atoms with E-state index < -0.39 is 0 Å². The summed E-state index contributed by atoms with van der Waals surface area (Å²) < 4.78 is 4.78. The number of fused-ring (bicyclic) bond motifs is 1. The fraction of sp³-hybridized carbons (Fsp3) is 0.188. The van der Waals surface area contributed by atoms with Gasteiger partial charge in [-0.15, -0.1) is 5.10 Å². The maximum Gasteiger partial charge on any atom is 0.282 e. The van der Waals surface area contributed by atoms with Gasteiger partial charge in [0.1, 0.15) is 12.1 Å². The van der Waals surface area contributed by atoms with Crippen LogP contribution < -0.4 is 5.56 Å². The molecule has 0 bridgehead atoms. The molecular formula is C16H15N7O. The van der Waals surface area contributed by atoms with Crippen LogP contribution in [0.15, 0.2) is 47.7 Å². The van der Waals surface area contributed by atoms with Gasteiger partial charge in [-0.3, -0.25) is 4.79 Å². The van der Waals surface area contributed by atoms with Gasteiger partial charge in [0, 0.05) is 5.69 Å². The van der Waals surface area contributed by atoms with Crippen molar-refractivity contribution in [2.75, 3.05) is 0 Å². The molecule has 0 fully saturated rings. The molecule has 24 heavy (non-hydrogen) atoms. The van der Waals surface area contributed by atoms with Gasteiger partial charge in [0.25, 0.3) is 5.56 Å². The highest BCUT2D eigenvalue weighted by molar-refractivity contribution is 5.74. The molecule has 8 nitrogen and oxygen atoms in total. The van der Waals surface area contributed by atoms with Crippen LogP contribution in [0.25, 0.3) is 16.7 Å². The number of hydrogen-bond acceptors (Lipinski definition) is 5. The molecule has 0 radical (unpaired) electrons. The van der Waals surface area contributed by atoms with E-state index in [2.05, 4.69) is 20.4 Å². The Bertz CT molecular complexity index is 1070. The number of aromatic nitrogens is 7. The van der Waals surface area contributed by atoms with Gasteiger partial charge < -0.3 is 4.57 Å². The molecule has 0 aliphatic carbocycles. The first kappa shape index (κ1) is 14.3. The Kier molecular flexibility index (Phi) is 3.23. The second kappa shape index (κ2) is 5.41. The molecule has 0 spiro atoms. The smallest absolute Gasteiger partial charge is 0.282 e. The van der Waals surface area contributed by atoms with Crippen LogP contribution in [0.5, 0.6) is 0 Å². The Labute approximate surface area is 137 Å². The highest BCUT2D eigenvalue weighted by Gasteiger charge is 2.13. The van der Waals surface area contributed by atoms with Crippen LogP contribution in [0.2, 0.25) is 0 Å². The van der Waals surface area contributed by atoms with Crippen molar-refractivity contribution in [3.05, 3.63) is 64.6 Å². The molecular weight excluding hydrogens is 306 g/mol. The number of para-hydroxylation sites is 1. The first-order valence-corrected chi connectivity index (χ1v) is 7.50. The summed E-state index contributed by atoms with van der Waals surface area (Å²) in [6.45, 7) is 4.14. The van der Waals surface area contributed by atoms with Crippen molar-refractivity contribution in [3.63, 3.8) is 0 Å². The van der Waals surface area contributed by atoms with Gasteiger partial charge >= 0.3 is 0 Å². The quantitative estimate of drug-likeness (QED) is 0.568. The van der Waals surface area contributed by atoms with Gasteiger partial charge in [-0.1, -0.05) is 23.4 Å². The number of hydrogen-bond donors (Lipinski definition) is 0. The topological polar surface area (TPSA) is 83.4 Å². The second-order valence-corrected chi connectivity index (χ2v) is 5.55. The van der Waals surface area contributed by atoms with Crippen LogP contribution in [0.1, 0.15) is 11.4 Å². The molecule has 0 amide bonds. The van der Waals surface area contributed by atoms with Crippen LogP contribution >= 0.6 is 0 Å². The summed E-state index contributed by atoms with van der Waals surface area (Å²) in [5, 5.41) is 13.0. The third-order valence-corrected chi connectivity index (χ3v) is 4.09. The first-order valence-electron chi connectivity index (χ1n) is 7.50. The lowest BCUT2D eigenvalue weighted by molar-refractivity contribution is 0.492.